The number of halogens is 2. The Kier molecular flexibility index (Phi) is 4.16. The number of aromatic nitrogens is 2. The van der Waals surface area contributed by atoms with E-state index in [1.54, 1.807) is 0 Å². The summed E-state index contributed by atoms with van der Waals surface area (Å²) in [6.45, 7) is 5.41. The van der Waals surface area contributed by atoms with Gasteiger partial charge in [-0.15, -0.1) is 0 Å². The Morgan fingerprint density at radius 1 is 1.47 bits per heavy atom. The maximum Gasteiger partial charge on any atom is 0.274 e. The predicted molar refractivity (Wildman–Crippen MR) is 66.4 cm³/mol. The second kappa shape index (κ2) is 5.06. The van der Waals surface area contributed by atoms with Gasteiger partial charge in [0.2, 0.25) is 5.91 Å². The zero-order valence-electron chi connectivity index (χ0n) is 9.75. The molecule has 0 saturated carbocycles. The summed E-state index contributed by atoms with van der Waals surface area (Å²) in [5.74, 6) is -0.292. The van der Waals surface area contributed by atoms with Crippen LogP contribution in [0.4, 0.5) is 0 Å². The third-order valence-electron chi connectivity index (χ3n) is 1.77. The molecule has 94 valence electrons. The molecule has 1 amide bonds. The average Bonchev–Trinajstić information content (AvgIpc) is 2.16. The standard InChI is InChI=1S/C10H13Cl2N3O2/c1-10(2,3)14-6(16)4-15-5-13-8(12)7(11)9(15)17/h5H,4H2,1-3H3,(H,14,16). The molecule has 0 aliphatic rings. The summed E-state index contributed by atoms with van der Waals surface area (Å²) in [4.78, 5) is 26.9. The van der Waals surface area contributed by atoms with Crippen LogP contribution in [0, 0.1) is 0 Å². The van der Waals surface area contributed by atoms with Crippen LogP contribution in [0.5, 0.6) is 0 Å². The summed E-state index contributed by atoms with van der Waals surface area (Å²) < 4.78 is 1.11. The van der Waals surface area contributed by atoms with E-state index in [1.165, 1.54) is 6.33 Å². The molecule has 17 heavy (non-hydrogen) atoms. The largest absolute Gasteiger partial charge is 0.350 e. The molecule has 1 heterocycles. The zero-order valence-corrected chi connectivity index (χ0v) is 11.3. The van der Waals surface area contributed by atoms with Crippen LogP contribution in [0.3, 0.4) is 0 Å². The summed E-state index contributed by atoms with van der Waals surface area (Å²) in [6, 6.07) is 0. The van der Waals surface area contributed by atoms with E-state index >= 15 is 0 Å². The maximum absolute atomic E-state index is 11.6. The molecule has 0 bridgehead atoms. The fourth-order valence-electron chi connectivity index (χ4n) is 1.17. The van der Waals surface area contributed by atoms with E-state index in [1.807, 2.05) is 20.8 Å². The summed E-state index contributed by atoms with van der Waals surface area (Å²) in [5, 5.41) is 2.48. The number of amides is 1. The number of hydrogen-bond acceptors (Lipinski definition) is 3. The Morgan fingerprint density at radius 2 is 2.06 bits per heavy atom. The summed E-state index contributed by atoms with van der Waals surface area (Å²) in [7, 11) is 0. The first-order valence-electron chi connectivity index (χ1n) is 4.92. The van der Waals surface area contributed by atoms with Gasteiger partial charge in [-0.25, -0.2) is 4.98 Å². The highest BCUT2D eigenvalue weighted by Crippen LogP contribution is 2.12. The second-order valence-electron chi connectivity index (χ2n) is 4.58. The van der Waals surface area contributed by atoms with Gasteiger partial charge in [-0.05, 0) is 20.8 Å². The Morgan fingerprint density at radius 3 is 2.59 bits per heavy atom. The molecule has 0 spiro atoms. The van der Waals surface area contributed by atoms with E-state index in [0.717, 1.165) is 4.57 Å². The molecule has 1 rings (SSSR count). The Labute approximate surface area is 109 Å². The van der Waals surface area contributed by atoms with Crippen LogP contribution in [0.15, 0.2) is 11.1 Å². The second-order valence-corrected chi connectivity index (χ2v) is 5.32. The highest BCUT2D eigenvalue weighted by molar-refractivity contribution is 6.40. The van der Waals surface area contributed by atoms with Gasteiger partial charge in [0.1, 0.15) is 11.6 Å². The van der Waals surface area contributed by atoms with Crippen LogP contribution in [-0.4, -0.2) is 21.0 Å². The molecule has 7 heteroatoms. The highest BCUT2D eigenvalue weighted by atomic mass is 35.5. The minimum Gasteiger partial charge on any atom is -0.350 e. The molecule has 1 aromatic heterocycles. The van der Waals surface area contributed by atoms with Crippen molar-refractivity contribution in [1.82, 2.24) is 14.9 Å². The fraction of sp³-hybridized carbons (Fsp3) is 0.500. The monoisotopic (exact) mass is 277 g/mol. The molecule has 5 nitrogen and oxygen atoms in total. The Balaban J connectivity index is 2.87. The first kappa shape index (κ1) is 14.0. The van der Waals surface area contributed by atoms with Gasteiger partial charge in [-0.1, -0.05) is 23.2 Å². The number of hydrogen-bond donors (Lipinski definition) is 1. The Bertz CT molecular complexity index is 491. The highest BCUT2D eigenvalue weighted by Gasteiger charge is 2.15. The maximum atomic E-state index is 11.6. The van der Waals surface area contributed by atoms with Crippen LogP contribution in [0.2, 0.25) is 10.2 Å². The summed E-state index contributed by atoms with van der Waals surface area (Å²) in [6.07, 6.45) is 1.19. The van der Waals surface area contributed by atoms with E-state index in [4.69, 9.17) is 23.2 Å². The van der Waals surface area contributed by atoms with Crippen LogP contribution in [0.1, 0.15) is 20.8 Å². The molecule has 0 radical (unpaired) electrons. The lowest BCUT2D eigenvalue weighted by atomic mass is 10.1. The lowest BCUT2D eigenvalue weighted by molar-refractivity contribution is -0.123. The third kappa shape index (κ3) is 4.02. The molecule has 1 aromatic rings. The van der Waals surface area contributed by atoms with Crippen LogP contribution < -0.4 is 10.9 Å². The van der Waals surface area contributed by atoms with Crippen molar-refractivity contribution < 1.29 is 4.79 Å². The lowest BCUT2D eigenvalue weighted by Gasteiger charge is -2.20. The molecule has 0 aliphatic carbocycles. The quantitative estimate of drug-likeness (QED) is 0.833. The van der Waals surface area contributed by atoms with Gasteiger partial charge in [-0.2, -0.15) is 0 Å². The number of rotatable bonds is 2. The van der Waals surface area contributed by atoms with Crippen LogP contribution in [0.25, 0.3) is 0 Å². The van der Waals surface area contributed by atoms with Gasteiger partial charge < -0.3 is 5.32 Å². The summed E-state index contributed by atoms with van der Waals surface area (Å²) in [5.41, 5.74) is -0.889. The van der Waals surface area contributed by atoms with E-state index in [0.29, 0.717) is 0 Å². The lowest BCUT2D eigenvalue weighted by Crippen LogP contribution is -2.43. The van der Waals surface area contributed by atoms with Crippen molar-refractivity contribution in [3.05, 3.63) is 26.9 Å². The van der Waals surface area contributed by atoms with Gasteiger partial charge in [0.15, 0.2) is 5.15 Å². The predicted octanol–water partition coefficient (Wildman–Crippen LogP) is 1.46. The molecule has 0 fully saturated rings. The molecule has 0 saturated heterocycles. The normalized spacial score (nSPS) is 11.4. The van der Waals surface area contributed by atoms with Crippen molar-refractivity contribution in [2.75, 3.05) is 0 Å². The fourth-order valence-corrected chi connectivity index (χ4v) is 1.45. The molecule has 0 atom stereocenters. The van der Waals surface area contributed by atoms with Gasteiger partial charge in [-0.3, -0.25) is 14.2 Å². The number of nitrogens with one attached hydrogen (secondary N) is 1. The van der Waals surface area contributed by atoms with Gasteiger partial charge in [0, 0.05) is 5.54 Å². The van der Waals surface area contributed by atoms with E-state index in [2.05, 4.69) is 10.3 Å². The number of carbonyl (C=O) groups excluding carboxylic acids is 1. The average molecular weight is 278 g/mol. The minimum atomic E-state index is -0.532. The van der Waals surface area contributed by atoms with E-state index in [-0.39, 0.29) is 28.2 Å². The topological polar surface area (TPSA) is 64.0 Å². The van der Waals surface area contributed by atoms with Crippen molar-refractivity contribution in [1.29, 1.82) is 0 Å². The Hall–Kier alpha value is -1.07. The minimum absolute atomic E-state index is 0.0656. The van der Waals surface area contributed by atoms with E-state index in [9.17, 15) is 9.59 Å². The molecule has 1 N–H and O–H groups in total. The third-order valence-corrected chi connectivity index (χ3v) is 2.49. The van der Waals surface area contributed by atoms with Crippen molar-refractivity contribution in [2.24, 2.45) is 0 Å². The van der Waals surface area contributed by atoms with Gasteiger partial charge >= 0.3 is 0 Å². The zero-order chi connectivity index (χ0) is 13.2. The molecular formula is C10H13Cl2N3O2. The molecule has 0 unspecified atom stereocenters. The number of nitrogens with zero attached hydrogens (tertiary/aromatic N) is 2. The molecule has 0 aliphatic heterocycles. The van der Waals surface area contributed by atoms with E-state index < -0.39 is 5.56 Å². The number of carbonyl (C=O) groups is 1. The molecular weight excluding hydrogens is 265 g/mol. The summed E-state index contributed by atoms with van der Waals surface area (Å²) >= 11 is 11.2. The van der Waals surface area contributed by atoms with Crippen molar-refractivity contribution in [3.63, 3.8) is 0 Å². The van der Waals surface area contributed by atoms with Crippen LogP contribution >= 0.6 is 23.2 Å². The first-order chi connectivity index (χ1) is 7.70. The first-order valence-corrected chi connectivity index (χ1v) is 5.68. The van der Waals surface area contributed by atoms with Crippen molar-refractivity contribution in [3.8, 4) is 0 Å². The van der Waals surface area contributed by atoms with Crippen LogP contribution in [-0.2, 0) is 11.3 Å². The van der Waals surface area contributed by atoms with Crippen molar-refractivity contribution in [2.45, 2.75) is 32.9 Å². The molecule has 0 aromatic carbocycles. The SMILES string of the molecule is CC(C)(C)NC(=O)Cn1cnc(Cl)c(Cl)c1=O. The van der Waals surface area contributed by atoms with Gasteiger partial charge in [0.25, 0.3) is 5.56 Å². The van der Waals surface area contributed by atoms with Gasteiger partial charge in [0.05, 0.1) is 6.33 Å². The van der Waals surface area contributed by atoms with Crippen molar-refractivity contribution >= 4 is 29.1 Å². The smallest absolute Gasteiger partial charge is 0.274 e.